The summed E-state index contributed by atoms with van der Waals surface area (Å²) in [6.45, 7) is 2.62. The maximum absolute atomic E-state index is 12.5. The van der Waals surface area contributed by atoms with E-state index in [0.717, 1.165) is 22.2 Å². The molecule has 0 saturated heterocycles. The van der Waals surface area contributed by atoms with Gasteiger partial charge in [-0.3, -0.25) is 9.69 Å². The van der Waals surface area contributed by atoms with Crippen molar-refractivity contribution < 1.29 is 9.53 Å². The molecule has 0 aromatic heterocycles. The standard InChI is InChI=1S/C22H24N2O2/c1-16(22(25)23-20-7-5-4-6-8-20)24(2)15-17-9-10-19-14-21(26-3)12-11-18(19)13-17/h4-14,16H,15H2,1-3H3,(H,23,25). The lowest BCUT2D eigenvalue weighted by Gasteiger charge is -2.24. The van der Waals surface area contributed by atoms with Crippen LogP contribution in [0.15, 0.2) is 66.7 Å². The van der Waals surface area contributed by atoms with Crippen LogP contribution in [0.25, 0.3) is 10.8 Å². The van der Waals surface area contributed by atoms with Crippen LogP contribution < -0.4 is 10.1 Å². The molecule has 26 heavy (non-hydrogen) atoms. The Bertz CT molecular complexity index is 893. The highest BCUT2D eigenvalue weighted by Crippen LogP contribution is 2.22. The van der Waals surface area contributed by atoms with Crippen LogP contribution in [0.2, 0.25) is 0 Å². The molecule has 0 heterocycles. The maximum Gasteiger partial charge on any atom is 0.241 e. The van der Waals surface area contributed by atoms with E-state index < -0.39 is 0 Å². The second-order valence-corrected chi connectivity index (χ2v) is 6.49. The van der Waals surface area contributed by atoms with Gasteiger partial charge in [0.15, 0.2) is 0 Å². The molecule has 3 aromatic rings. The fourth-order valence-corrected chi connectivity index (χ4v) is 2.89. The van der Waals surface area contributed by atoms with Crippen LogP contribution in [-0.2, 0) is 11.3 Å². The van der Waals surface area contributed by atoms with Gasteiger partial charge < -0.3 is 10.1 Å². The number of rotatable bonds is 6. The molecule has 0 aliphatic rings. The number of nitrogens with zero attached hydrogens (tertiary/aromatic N) is 1. The summed E-state index contributed by atoms with van der Waals surface area (Å²) >= 11 is 0. The van der Waals surface area contributed by atoms with E-state index in [4.69, 9.17) is 4.74 Å². The van der Waals surface area contributed by atoms with Crippen molar-refractivity contribution in [2.45, 2.75) is 19.5 Å². The van der Waals surface area contributed by atoms with E-state index in [1.807, 2.05) is 61.3 Å². The Morgan fingerprint density at radius 1 is 1.04 bits per heavy atom. The van der Waals surface area contributed by atoms with Gasteiger partial charge in [0.2, 0.25) is 5.91 Å². The monoisotopic (exact) mass is 348 g/mol. The van der Waals surface area contributed by atoms with E-state index >= 15 is 0 Å². The van der Waals surface area contributed by atoms with E-state index in [-0.39, 0.29) is 11.9 Å². The van der Waals surface area contributed by atoms with E-state index in [0.29, 0.717) is 6.54 Å². The number of likely N-dealkylation sites (N-methyl/N-ethyl adjacent to an activating group) is 1. The highest BCUT2D eigenvalue weighted by atomic mass is 16.5. The minimum Gasteiger partial charge on any atom is -0.497 e. The van der Waals surface area contributed by atoms with Crippen molar-refractivity contribution in [2.24, 2.45) is 0 Å². The van der Waals surface area contributed by atoms with Crippen molar-refractivity contribution >= 4 is 22.4 Å². The van der Waals surface area contributed by atoms with Crippen LogP contribution in [0.3, 0.4) is 0 Å². The van der Waals surface area contributed by atoms with Crippen LogP contribution in [0.4, 0.5) is 5.69 Å². The van der Waals surface area contributed by atoms with Gasteiger partial charge in [-0.05, 0) is 60.6 Å². The van der Waals surface area contributed by atoms with E-state index in [2.05, 4.69) is 29.6 Å². The molecule has 1 N–H and O–H groups in total. The number of fused-ring (bicyclic) bond motifs is 1. The van der Waals surface area contributed by atoms with Crippen LogP contribution >= 0.6 is 0 Å². The van der Waals surface area contributed by atoms with Crippen LogP contribution in [0.5, 0.6) is 5.75 Å². The Labute approximate surface area is 154 Å². The lowest BCUT2D eigenvalue weighted by atomic mass is 10.1. The molecule has 1 atom stereocenters. The average Bonchev–Trinajstić information content (AvgIpc) is 2.67. The number of carbonyl (C=O) groups is 1. The molecule has 0 radical (unpaired) electrons. The zero-order chi connectivity index (χ0) is 18.5. The molecule has 0 bridgehead atoms. The van der Waals surface area contributed by atoms with Crippen LogP contribution in [-0.4, -0.2) is 31.0 Å². The third kappa shape index (κ3) is 4.21. The van der Waals surface area contributed by atoms with Gasteiger partial charge in [-0.1, -0.05) is 36.4 Å². The van der Waals surface area contributed by atoms with Crippen LogP contribution in [0, 0.1) is 0 Å². The second-order valence-electron chi connectivity index (χ2n) is 6.49. The fraction of sp³-hybridized carbons (Fsp3) is 0.227. The van der Waals surface area contributed by atoms with Gasteiger partial charge in [-0.2, -0.15) is 0 Å². The number of para-hydroxylation sites is 1. The largest absolute Gasteiger partial charge is 0.497 e. The smallest absolute Gasteiger partial charge is 0.241 e. The third-order valence-corrected chi connectivity index (χ3v) is 4.63. The summed E-state index contributed by atoms with van der Waals surface area (Å²) in [7, 11) is 3.64. The number of nitrogens with one attached hydrogen (secondary N) is 1. The highest BCUT2D eigenvalue weighted by molar-refractivity contribution is 5.94. The summed E-state index contributed by atoms with van der Waals surface area (Å²) in [6, 6.07) is 21.7. The molecular formula is C22H24N2O2. The maximum atomic E-state index is 12.5. The van der Waals surface area contributed by atoms with Gasteiger partial charge in [-0.15, -0.1) is 0 Å². The van der Waals surface area contributed by atoms with Crippen molar-refractivity contribution in [1.82, 2.24) is 4.90 Å². The second kappa shape index (κ2) is 8.02. The number of benzene rings is 3. The first-order valence-corrected chi connectivity index (χ1v) is 8.69. The van der Waals surface area contributed by atoms with Gasteiger partial charge in [0.1, 0.15) is 5.75 Å². The first-order valence-electron chi connectivity index (χ1n) is 8.69. The molecule has 0 saturated carbocycles. The minimum absolute atomic E-state index is 0.00998. The molecule has 3 rings (SSSR count). The zero-order valence-corrected chi connectivity index (χ0v) is 15.4. The summed E-state index contributed by atoms with van der Waals surface area (Å²) in [6.07, 6.45) is 0. The summed E-state index contributed by atoms with van der Waals surface area (Å²) < 4.78 is 5.27. The molecule has 1 unspecified atom stereocenters. The Morgan fingerprint density at radius 3 is 2.46 bits per heavy atom. The lowest BCUT2D eigenvalue weighted by Crippen LogP contribution is -2.39. The average molecular weight is 348 g/mol. The van der Waals surface area contributed by atoms with E-state index in [1.54, 1.807) is 7.11 Å². The van der Waals surface area contributed by atoms with Crippen molar-refractivity contribution in [3.8, 4) is 5.75 Å². The molecule has 4 nitrogen and oxygen atoms in total. The molecule has 0 fully saturated rings. The van der Waals surface area contributed by atoms with Gasteiger partial charge in [0.05, 0.1) is 13.2 Å². The number of hydrogen-bond acceptors (Lipinski definition) is 3. The summed E-state index contributed by atoms with van der Waals surface area (Å²) in [5.74, 6) is 0.845. The minimum atomic E-state index is -0.234. The molecule has 0 aliphatic heterocycles. The molecule has 0 spiro atoms. The van der Waals surface area contributed by atoms with Crippen molar-refractivity contribution in [3.05, 3.63) is 72.3 Å². The van der Waals surface area contributed by atoms with Gasteiger partial charge in [-0.25, -0.2) is 0 Å². The molecule has 134 valence electrons. The topological polar surface area (TPSA) is 41.6 Å². The number of anilines is 1. The highest BCUT2D eigenvalue weighted by Gasteiger charge is 2.18. The first-order chi connectivity index (χ1) is 12.6. The number of carbonyl (C=O) groups excluding carboxylic acids is 1. The van der Waals surface area contributed by atoms with Crippen molar-refractivity contribution in [1.29, 1.82) is 0 Å². The molecular weight excluding hydrogens is 324 g/mol. The van der Waals surface area contributed by atoms with E-state index in [1.165, 1.54) is 5.56 Å². The fourth-order valence-electron chi connectivity index (χ4n) is 2.89. The van der Waals surface area contributed by atoms with Gasteiger partial charge >= 0.3 is 0 Å². The third-order valence-electron chi connectivity index (χ3n) is 4.63. The van der Waals surface area contributed by atoms with Crippen molar-refractivity contribution in [2.75, 3.05) is 19.5 Å². The lowest BCUT2D eigenvalue weighted by molar-refractivity contribution is -0.120. The molecule has 4 heteroatoms. The van der Waals surface area contributed by atoms with Crippen LogP contribution in [0.1, 0.15) is 12.5 Å². The Balaban J connectivity index is 1.67. The SMILES string of the molecule is COc1ccc2cc(CN(C)C(C)C(=O)Nc3ccccc3)ccc2c1. The number of amides is 1. The summed E-state index contributed by atoms with van der Waals surface area (Å²) in [5.41, 5.74) is 1.99. The number of methoxy groups -OCH3 is 1. The summed E-state index contributed by atoms with van der Waals surface area (Å²) in [5, 5.41) is 5.27. The van der Waals surface area contributed by atoms with Gasteiger partial charge in [0.25, 0.3) is 0 Å². The van der Waals surface area contributed by atoms with E-state index in [9.17, 15) is 4.79 Å². The summed E-state index contributed by atoms with van der Waals surface area (Å²) in [4.78, 5) is 14.5. The molecule has 1 amide bonds. The Morgan fingerprint density at radius 2 is 1.73 bits per heavy atom. The zero-order valence-electron chi connectivity index (χ0n) is 15.4. The predicted octanol–water partition coefficient (Wildman–Crippen LogP) is 4.31. The molecule has 3 aromatic carbocycles. The first kappa shape index (κ1) is 18.0. The Hall–Kier alpha value is -2.85. The normalized spacial score (nSPS) is 12.2. The Kier molecular flexibility index (Phi) is 5.54. The predicted molar refractivity (Wildman–Crippen MR) is 107 cm³/mol. The van der Waals surface area contributed by atoms with Gasteiger partial charge in [0, 0.05) is 12.2 Å². The molecule has 0 aliphatic carbocycles. The number of hydrogen-bond donors (Lipinski definition) is 1. The quantitative estimate of drug-likeness (QED) is 0.722. The van der Waals surface area contributed by atoms with Crippen molar-refractivity contribution in [3.63, 3.8) is 0 Å². The number of ether oxygens (including phenoxy) is 1.